The fraction of sp³-hybridized carbons (Fsp3) is 0.0769. The maximum atomic E-state index is 13.8. The molecular weight excluding hydrogens is 493 g/mol. The number of amides is 1. The highest BCUT2D eigenvalue weighted by Crippen LogP contribution is 2.43. The fourth-order valence-electron chi connectivity index (χ4n) is 3.86. The van der Waals surface area contributed by atoms with Crippen LogP contribution in [0.15, 0.2) is 83.9 Å². The number of halogens is 4. The van der Waals surface area contributed by atoms with Crippen LogP contribution in [-0.4, -0.2) is 27.3 Å². The van der Waals surface area contributed by atoms with E-state index in [4.69, 9.17) is 11.6 Å². The van der Waals surface area contributed by atoms with Crippen molar-refractivity contribution >= 4 is 40.6 Å². The zero-order valence-corrected chi connectivity index (χ0v) is 19.1. The van der Waals surface area contributed by atoms with Crippen molar-refractivity contribution in [1.82, 2.24) is 9.78 Å². The second kappa shape index (κ2) is 9.09. The first kappa shape index (κ1) is 23.5. The molecule has 10 heteroatoms. The molecule has 3 aromatic carbocycles. The van der Waals surface area contributed by atoms with Crippen LogP contribution >= 0.6 is 11.6 Å². The highest BCUT2D eigenvalue weighted by Gasteiger charge is 2.41. The van der Waals surface area contributed by atoms with E-state index in [0.29, 0.717) is 26.5 Å². The molecule has 1 amide bonds. The number of hydrogen-bond acceptors (Lipinski definition) is 4. The van der Waals surface area contributed by atoms with Gasteiger partial charge in [0, 0.05) is 16.3 Å². The molecule has 1 N–H and O–H groups in total. The first-order chi connectivity index (χ1) is 17.2. The van der Waals surface area contributed by atoms with Gasteiger partial charge in [-0.05, 0) is 47.5 Å². The number of anilines is 1. The molecule has 0 bridgehead atoms. The van der Waals surface area contributed by atoms with E-state index in [-0.39, 0.29) is 35.0 Å². The van der Waals surface area contributed by atoms with Crippen LogP contribution in [0.4, 0.5) is 24.7 Å². The zero-order chi connectivity index (χ0) is 25.4. The molecule has 0 saturated heterocycles. The van der Waals surface area contributed by atoms with E-state index in [1.165, 1.54) is 24.3 Å². The summed E-state index contributed by atoms with van der Waals surface area (Å²) in [5.74, 6) is -1.12. The summed E-state index contributed by atoms with van der Waals surface area (Å²) < 4.78 is 42.2. The smallest absolute Gasteiger partial charge is 0.322 e. The lowest BCUT2D eigenvalue weighted by molar-refractivity contribution is -0.140. The van der Waals surface area contributed by atoms with Gasteiger partial charge >= 0.3 is 6.18 Å². The third kappa shape index (κ3) is 4.52. The lowest BCUT2D eigenvalue weighted by atomic mass is 10.0. The van der Waals surface area contributed by atoms with Crippen molar-refractivity contribution in [2.24, 2.45) is 4.99 Å². The second-order valence-corrected chi connectivity index (χ2v) is 8.43. The van der Waals surface area contributed by atoms with E-state index in [1.807, 2.05) is 0 Å². The van der Waals surface area contributed by atoms with Gasteiger partial charge in [0.1, 0.15) is 0 Å². The van der Waals surface area contributed by atoms with Crippen LogP contribution in [0.2, 0.25) is 5.02 Å². The molecule has 6 nitrogen and oxygen atoms in total. The number of benzene rings is 3. The molecular formula is C26H16ClF3N4O2. The molecule has 36 heavy (non-hydrogen) atoms. The zero-order valence-electron chi connectivity index (χ0n) is 18.4. The summed E-state index contributed by atoms with van der Waals surface area (Å²) in [5, 5.41) is 6.69. The molecule has 1 aromatic heterocycles. The van der Waals surface area contributed by atoms with Gasteiger partial charge in [-0.2, -0.15) is 23.0 Å². The summed E-state index contributed by atoms with van der Waals surface area (Å²) in [5.41, 5.74) is 0.522. The van der Waals surface area contributed by atoms with Gasteiger partial charge in [-0.3, -0.25) is 9.59 Å². The Morgan fingerprint density at radius 2 is 1.56 bits per heavy atom. The highest BCUT2D eigenvalue weighted by atomic mass is 35.5. The van der Waals surface area contributed by atoms with Crippen LogP contribution in [0, 0.1) is 0 Å². The first-order valence-electron chi connectivity index (χ1n) is 10.7. The van der Waals surface area contributed by atoms with Crippen molar-refractivity contribution in [3.63, 3.8) is 0 Å². The molecule has 1 aliphatic heterocycles. The van der Waals surface area contributed by atoms with Gasteiger partial charge in [-0.15, -0.1) is 0 Å². The minimum atomic E-state index is -4.80. The summed E-state index contributed by atoms with van der Waals surface area (Å²) in [7, 11) is 0. The summed E-state index contributed by atoms with van der Waals surface area (Å²) in [6.45, 7) is 0. The predicted molar refractivity (Wildman–Crippen MR) is 130 cm³/mol. The Morgan fingerprint density at radius 1 is 0.917 bits per heavy atom. The van der Waals surface area contributed by atoms with Crippen molar-refractivity contribution in [3.05, 3.63) is 101 Å². The lowest BCUT2D eigenvalue weighted by Crippen LogP contribution is -2.22. The summed E-state index contributed by atoms with van der Waals surface area (Å²) >= 11 is 5.90. The van der Waals surface area contributed by atoms with Crippen molar-refractivity contribution < 1.29 is 22.8 Å². The van der Waals surface area contributed by atoms with E-state index in [2.05, 4.69) is 15.4 Å². The third-order valence-corrected chi connectivity index (χ3v) is 5.82. The van der Waals surface area contributed by atoms with Crippen molar-refractivity contribution in [3.8, 4) is 11.1 Å². The van der Waals surface area contributed by atoms with E-state index < -0.39 is 17.8 Å². The normalized spacial score (nSPS) is 13.2. The number of hydrogen-bond donors (Lipinski definition) is 1. The molecule has 2 heterocycles. The van der Waals surface area contributed by atoms with Gasteiger partial charge in [-0.25, -0.2) is 4.99 Å². The maximum Gasteiger partial charge on any atom is 0.435 e. The summed E-state index contributed by atoms with van der Waals surface area (Å²) in [6.07, 6.45) is -5.03. The Kier molecular flexibility index (Phi) is 5.93. The number of aliphatic imine (C=N–C) groups is 1. The Hall–Kier alpha value is -4.24. The van der Waals surface area contributed by atoms with Crippen molar-refractivity contribution in [1.29, 1.82) is 0 Å². The first-order valence-corrected chi connectivity index (χ1v) is 11.1. The van der Waals surface area contributed by atoms with E-state index in [0.717, 1.165) is 0 Å². The average molecular weight is 509 g/mol. The fourth-order valence-corrected chi connectivity index (χ4v) is 3.98. The number of fused-ring (bicyclic) bond motifs is 1. The molecule has 1 aliphatic rings. The highest BCUT2D eigenvalue weighted by molar-refractivity contribution is 6.30. The van der Waals surface area contributed by atoms with Gasteiger partial charge in [0.05, 0.1) is 17.7 Å². The largest absolute Gasteiger partial charge is 0.435 e. The molecule has 180 valence electrons. The molecule has 0 atom stereocenters. The molecule has 5 rings (SSSR count). The van der Waals surface area contributed by atoms with Crippen LogP contribution in [0.1, 0.15) is 32.8 Å². The maximum absolute atomic E-state index is 13.8. The monoisotopic (exact) mass is 508 g/mol. The Labute approximate surface area is 208 Å². The number of carbonyl (C=O) groups is 2. The van der Waals surface area contributed by atoms with Crippen LogP contribution in [0.3, 0.4) is 0 Å². The summed E-state index contributed by atoms with van der Waals surface area (Å²) in [6, 6.07) is 21.0. The molecule has 0 aliphatic carbocycles. The van der Waals surface area contributed by atoms with Crippen LogP contribution < -0.4 is 5.32 Å². The number of nitrogens with zero attached hydrogens (tertiary/aromatic N) is 3. The quantitative estimate of drug-likeness (QED) is 0.336. The Morgan fingerprint density at radius 3 is 2.19 bits per heavy atom. The van der Waals surface area contributed by atoms with Crippen molar-refractivity contribution in [2.75, 3.05) is 5.32 Å². The van der Waals surface area contributed by atoms with Gasteiger partial charge in [-0.1, -0.05) is 54.1 Å². The number of nitrogens with one attached hydrogen (secondary N) is 1. The lowest BCUT2D eigenvalue weighted by Gasteiger charge is -2.15. The number of carbonyl (C=O) groups excluding carboxylic acids is 2. The standard InChI is InChI=1S/C26H16ClF3N4O2/c27-18-10-6-16(7-11-18)22-23(26(28,29)30)33-34-21(35)14-20(32-24(22)34)15-8-12-19(13-9-15)31-25(36)17-4-2-1-3-5-17/h1-13H,14H2,(H,31,36). The van der Waals surface area contributed by atoms with Gasteiger partial charge in [0.25, 0.3) is 11.8 Å². The second-order valence-electron chi connectivity index (χ2n) is 7.99. The van der Waals surface area contributed by atoms with Gasteiger partial charge < -0.3 is 5.32 Å². The molecule has 0 saturated carbocycles. The minimum Gasteiger partial charge on any atom is -0.322 e. The van der Waals surface area contributed by atoms with Crippen molar-refractivity contribution in [2.45, 2.75) is 12.6 Å². The molecule has 0 unspecified atom stereocenters. The number of aromatic nitrogens is 2. The van der Waals surface area contributed by atoms with E-state index in [1.54, 1.807) is 54.6 Å². The average Bonchev–Trinajstić information content (AvgIpc) is 3.26. The third-order valence-electron chi connectivity index (χ3n) is 5.57. The van der Waals surface area contributed by atoms with Crippen LogP contribution in [0.5, 0.6) is 0 Å². The molecule has 0 fully saturated rings. The SMILES string of the molecule is O=C(Nc1ccc(C2=Nc3c(-c4ccc(Cl)cc4)c(C(F)(F)F)nn3C(=O)C2)cc1)c1ccccc1. The molecule has 0 radical (unpaired) electrons. The number of rotatable bonds is 4. The van der Waals surface area contributed by atoms with Crippen LogP contribution in [0.25, 0.3) is 11.1 Å². The van der Waals surface area contributed by atoms with Gasteiger partial charge in [0.2, 0.25) is 0 Å². The van der Waals surface area contributed by atoms with Crippen LogP contribution in [-0.2, 0) is 6.18 Å². The number of alkyl halides is 3. The molecule has 4 aromatic rings. The summed E-state index contributed by atoms with van der Waals surface area (Å²) in [4.78, 5) is 29.6. The topological polar surface area (TPSA) is 76.3 Å². The molecule has 0 spiro atoms. The Balaban J connectivity index is 1.51. The van der Waals surface area contributed by atoms with Gasteiger partial charge in [0.15, 0.2) is 11.5 Å². The minimum absolute atomic E-state index is 0.185. The van der Waals surface area contributed by atoms with E-state index >= 15 is 0 Å². The predicted octanol–water partition coefficient (Wildman–Crippen LogP) is 6.64. The van der Waals surface area contributed by atoms with E-state index in [9.17, 15) is 22.8 Å². The Bertz CT molecular complexity index is 1490.